The van der Waals surface area contributed by atoms with Crippen LogP contribution in [0.1, 0.15) is 42.7 Å². The highest BCUT2D eigenvalue weighted by Gasteiger charge is 2.35. The summed E-state index contributed by atoms with van der Waals surface area (Å²) in [5, 5.41) is 1.51. The molecule has 1 aromatic carbocycles. The van der Waals surface area contributed by atoms with Crippen LogP contribution in [0, 0.1) is 0 Å². The number of nitrogens with two attached hydrogens (primary N) is 1. The Hall–Kier alpha value is -1.48. The zero-order chi connectivity index (χ0) is 14.4. The van der Waals surface area contributed by atoms with Crippen LogP contribution in [0.15, 0.2) is 18.2 Å². The molecule has 2 N–H and O–H groups in total. The van der Waals surface area contributed by atoms with E-state index in [1.807, 2.05) is 0 Å². The molecule has 3 nitrogen and oxygen atoms in total. The summed E-state index contributed by atoms with van der Waals surface area (Å²) in [7, 11) is 2.23. The molecule has 21 heavy (non-hydrogen) atoms. The second kappa shape index (κ2) is 5.06. The van der Waals surface area contributed by atoms with Gasteiger partial charge in [0, 0.05) is 36.6 Å². The van der Waals surface area contributed by atoms with Crippen LogP contribution in [0.2, 0.25) is 0 Å². The SMILES string of the molecule is Cn1c2c(c3cc(CCCCN)ccc31)C1CCN2CC1. The van der Waals surface area contributed by atoms with Gasteiger partial charge in [-0.15, -0.1) is 0 Å². The third-order valence-corrected chi connectivity index (χ3v) is 5.39. The summed E-state index contributed by atoms with van der Waals surface area (Å²) in [6, 6.07) is 7.08. The number of aryl methyl sites for hydroxylation is 2. The molecule has 4 heterocycles. The van der Waals surface area contributed by atoms with Gasteiger partial charge in [0.25, 0.3) is 0 Å². The van der Waals surface area contributed by atoms with E-state index in [2.05, 4.69) is 34.7 Å². The van der Waals surface area contributed by atoms with E-state index >= 15 is 0 Å². The fourth-order valence-electron chi connectivity index (χ4n) is 4.30. The Bertz CT molecular complexity index is 663. The second-order valence-electron chi connectivity index (χ2n) is 6.65. The van der Waals surface area contributed by atoms with Gasteiger partial charge in [-0.05, 0) is 62.3 Å². The van der Waals surface area contributed by atoms with Crippen LogP contribution < -0.4 is 10.6 Å². The summed E-state index contributed by atoms with van der Waals surface area (Å²) in [6.45, 7) is 3.29. The monoisotopic (exact) mass is 283 g/mol. The number of benzene rings is 1. The average Bonchev–Trinajstić information content (AvgIpc) is 2.84. The van der Waals surface area contributed by atoms with Crippen molar-refractivity contribution in [3.05, 3.63) is 29.3 Å². The predicted octanol–water partition coefficient (Wildman–Crippen LogP) is 3.16. The third-order valence-electron chi connectivity index (χ3n) is 5.39. The summed E-state index contributed by atoms with van der Waals surface area (Å²) in [5.74, 6) is 2.28. The first-order valence-corrected chi connectivity index (χ1v) is 8.36. The Kier molecular flexibility index (Phi) is 3.18. The van der Waals surface area contributed by atoms with E-state index in [4.69, 9.17) is 5.73 Å². The van der Waals surface area contributed by atoms with E-state index in [1.54, 1.807) is 5.56 Å². The first-order valence-electron chi connectivity index (χ1n) is 8.36. The van der Waals surface area contributed by atoms with Gasteiger partial charge >= 0.3 is 0 Å². The first-order chi connectivity index (χ1) is 10.3. The molecular weight excluding hydrogens is 258 g/mol. The molecule has 2 aromatic rings. The van der Waals surface area contributed by atoms with Crippen LogP contribution in [-0.4, -0.2) is 24.2 Å². The van der Waals surface area contributed by atoms with Crippen molar-refractivity contribution in [1.29, 1.82) is 0 Å². The first kappa shape index (κ1) is 13.2. The molecule has 1 saturated heterocycles. The standard InChI is InChI=1S/C18H25N3/c1-20-16-6-5-13(4-2-3-9-19)12-15(16)17-14-7-10-21(11-8-14)18(17)20/h5-6,12,14H,2-4,7-11,19H2,1H3. The van der Waals surface area contributed by atoms with Gasteiger partial charge in [-0.3, -0.25) is 0 Å². The largest absolute Gasteiger partial charge is 0.358 e. The Morgan fingerprint density at radius 2 is 2.00 bits per heavy atom. The van der Waals surface area contributed by atoms with Gasteiger partial charge in [0.2, 0.25) is 0 Å². The van der Waals surface area contributed by atoms with Gasteiger partial charge in [-0.1, -0.05) is 6.07 Å². The highest BCUT2D eigenvalue weighted by atomic mass is 15.3. The average molecular weight is 283 g/mol. The Morgan fingerprint density at radius 3 is 2.76 bits per heavy atom. The molecule has 0 radical (unpaired) electrons. The number of aromatic nitrogens is 1. The smallest absolute Gasteiger partial charge is 0.112 e. The van der Waals surface area contributed by atoms with Crippen molar-refractivity contribution in [2.75, 3.05) is 24.5 Å². The van der Waals surface area contributed by atoms with Gasteiger partial charge in [0.05, 0.1) is 0 Å². The minimum absolute atomic E-state index is 0.785. The van der Waals surface area contributed by atoms with Gasteiger partial charge in [0.15, 0.2) is 0 Å². The molecule has 3 aliphatic rings. The number of hydrogen-bond acceptors (Lipinski definition) is 2. The van der Waals surface area contributed by atoms with Crippen molar-refractivity contribution in [3.8, 4) is 0 Å². The fraction of sp³-hybridized carbons (Fsp3) is 0.556. The molecule has 1 aromatic heterocycles. The quantitative estimate of drug-likeness (QED) is 0.875. The third kappa shape index (κ3) is 1.98. The van der Waals surface area contributed by atoms with Crippen LogP contribution >= 0.6 is 0 Å². The van der Waals surface area contributed by atoms with Crippen LogP contribution in [-0.2, 0) is 13.5 Å². The van der Waals surface area contributed by atoms with Crippen LogP contribution in [0.3, 0.4) is 0 Å². The highest BCUT2D eigenvalue weighted by Crippen LogP contribution is 2.47. The molecule has 0 amide bonds. The Labute approximate surface area is 126 Å². The molecule has 0 saturated carbocycles. The van der Waals surface area contributed by atoms with E-state index in [0.29, 0.717) is 0 Å². The van der Waals surface area contributed by atoms with Gasteiger partial charge in [-0.2, -0.15) is 0 Å². The number of nitrogens with zero attached hydrogens (tertiary/aromatic N) is 2. The molecule has 0 spiro atoms. The Morgan fingerprint density at radius 1 is 1.19 bits per heavy atom. The lowest BCUT2D eigenvalue weighted by Gasteiger charge is -2.41. The van der Waals surface area contributed by atoms with Crippen molar-refractivity contribution >= 4 is 16.7 Å². The lowest BCUT2D eigenvalue weighted by atomic mass is 9.84. The van der Waals surface area contributed by atoms with Gasteiger partial charge in [-0.25, -0.2) is 0 Å². The molecule has 5 rings (SSSR count). The molecule has 0 unspecified atom stereocenters. The van der Waals surface area contributed by atoms with Crippen LogP contribution in [0.5, 0.6) is 0 Å². The maximum atomic E-state index is 5.61. The van der Waals surface area contributed by atoms with E-state index in [-0.39, 0.29) is 0 Å². The van der Waals surface area contributed by atoms with Gasteiger partial charge < -0.3 is 15.2 Å². The zero-order valence-corrected chi connectivity index (χ0v) is 12.9. The number of unbranched alkanes of at least 4 members (excludes halogenated alkanes) is 1. The molecular formula is C18H25N3. The topological polar surface area (TPSA) is 34.2 Å². The minimum Gasteiger partial charge on any atom is -0.358 e. The van der Waals surface area contributed by atoms with Crippen LogP contribution in [0.25, 0.3) is 10.9 Å². The van der Waals surface area contributed by atoms with Crippen molar-refractivity contribution in [1.82, 2.24) is 4.57 Å². The molecule has 1 fully saturated rings. The lowest BCUT2D eigenvalue weighted by Crippen LogP contribution is -2.39. The van der Waals surface area contributed by atoms with Crippen molar-refractivity contribution in [3.63, 3.8) is 0 Å². The molecule has 3 aliphatic heterocycles. The minimum atomic E-state index is 0.785. The normalized spacial score (nSPS) is 17.7. The van der Waals surface area contributed by atoms with Crippen molar-refractivity contribution < 1.29 is 0 Å². The molecule has 3 heteroatoms. The Balaban J connectivity index is 1.79. The van der Waals surface area contributed by atoms with E-state index < -0.39 is 0 Å². The highest BCUT2D eigenvalue weighted by molar-refractivity contribution is 5.92. The van der Waals surface area contributed by atoms with E-state index in [0.717, 1.165) is 25.3 Å². The summed E-state index contributed by atoms with van der Waals surface area (Å²) >= 11 is 0. The second-order valence-corrected chi connectivity index (χ2v) is 6.65. The number of hydrogen-bond donors (Lipinski definition) is 1. The summed E-state index contributed by atoms with van der Waals surface area (Å²) < 4.78 is 2.42. The lowest BCUT2D eigenvalue weighted by molar-refractivity contribution is 0.469. The van der Waals surface area contributed by atoms with Crippen molar-refractivity contribution in [2.45, 2.75) is 38.0 Å². The zero-order valence-electron chi connectivity index (χ0n) is 12.9. The maximum absolute atomic E-state index is 5.61. The maximum Gasteiger partial charge on any atom is 0.112 e. The fourth-order valence-corrected chi connectivity index (χ4v) is 4.30. The van der Waals surface area contributed by atoms with Gasteiger partial charge in [0.1, 0.15) is 5.82 Å². The van der Waals surface area contributed by atoms with Crippen LogP contribution in [0.4, 0.5) is 5.82 Å². The number of fused-ring (bicyclic) bond motifs is 3. The molecule has 0 aliphatic carbocycles. The summed E-state index contributed by atoms with van der Waals surface area (Å²) in [6.07, 6.45) is 6.16. The van der Waals surface area contributed by atoms with E-state index in [1.165, 1.54) is 54.6 Å². The van der Waals surface area contributed by atoms with Crippen molar-refractivity contribution in [2.24, 2.45) is 12.8 Å². The molecule has 2 bridgehead atoms. The molecule has 112 valence electrons. The summed E-state index contributed by atoms with van der Waals surface area (Å²) in [5.41, 5.74) is 10.1. The predicted molar refractivity (Wildman–Crippen MR) is 89.1 cm³/mol. The number of rotatable bonds is 4. The van der Waals surface area contributed by atoms with E-state index in [9.17, 15) is 0 Å². The number of piperidine rings is 1. The summed E-state index contributed by atoms with van der Waals surface area (Å²) in [4.78, 5) is 2.59. The number of anilines is 1. The molecule has 0 atom stereocenters.